The van der Waals surface area contributed by atoms with E-state index >= 15 is 0 Å². The second-order valence-electron chi connectivity index (χ2n) is 18.1. The number of carbonyl (C=O) groups is 4. The van der Waals surface area contributed by atoms with Crippen molar-refractivity contribution in [3.8, 4) is 23.3 Å². The number of amides is 4. The number of sulfonamides is 1. The molecule has 4 aliphatic rings. The third-order valence-corrected chi connectivity index (χ3v) is 13.4. The Labute approximate surface area is 341 Å². The number of hydrogen-bond acceptors (Lipinski definition) is 10. The van der Waals surface area contributed by atoms with Gasteiger partial charge in [-0.3, -0.25) is 24.1 Å². The lowest BCUT2D eigenvalue weighted by Gasteiger charge is -2.36. The van der Waals surface area contributed by atoms with Crippen LogP contribution in [0.4, 0.5) is 4.79 Å². The summed E-state index contributed by atoms with van der Waals surface area (Å²) in [7, 11) is -2.56. The molecule has 1 aromatic carbocycles. The maximum Gasteiger partial charge on any atom is 0.408 e. The van der Waals surface area contributed by atoms with E-state index in [1.54, 1.807) is 48.7 Å². The molecule has 2 heterocycles. The van der Waals surface area contributed by atoms with Crippen molar-refractivity contribution in [1.29, 1.82) is 0 Å². The van der Waals surface area contributed by atoms with Gasteiger partial charge in [0, 0.05) is 54.3 Å². The number of nitrogens with zero attached hydrogens (tertiary/aromatic N) is 2. The van der Waals surface area contributed by atoms with Gasteiger partial charge in [0.2, 0.25) is 21.8 Å². The summed E-state index contributed by atoms with van der Waals surface area (Å²) in [6.45, 7) is 16.2. The Bertz CT molecular complexity index is 2160. The normalized spacial score (nSPS) is 24.1. The van der Waals surface area contributed by atoms with E-state index in [1.165, 1.54) is 11.0 Å². The third kappa shape index (κ3) is 9.07. The van der Waals surface area contributed by atoms with Crippen LogP contribution in [0.1, 0.15) is 111 Å². The fraction of sp³-hybridized carbons (Fsp3) is 0.605. The predicted octanol–water partition coefficient (Wildman–Crippen LogP) is 5.25. The molecule has 314 valence electrons. The Morgan fingerprint density at radius 3 is 2.36 bits per heavy atom. The Hall–Kier alpha value is -4.84. The number of fused-ring (bicyclic) bond motifs is 1. The summed E-state index contributed by atoms with van der Waals surface area (Å²) in [6, 6.07) is 5.13. The molecular formula is C43H57N5O9S. The molecule has 1 aliphatic heterocycles. The molecular weight excluding hydrogens is 763 g/mol. The van der Waals surface area contributed by atoms with E-state index in [0.29, 0.717) is 42.2 Å². The lowest BCUT2D eigenvalue weighted by atomic mass is 9.85. The molecule has 0 unspecified atom stereocenters. The molecule has 15 heteroatoms. The van der Waals surface area contributed by atoms with E-state index in [4.69, 9.17) is 19.2 Å². The highest BCUT2D eigenvalue weighted by Crippen LogP contribution is 2.49. The van der Waals surface area contributed by atoms with Gasteiger partial charge >= 0.3 is 6.09 Å². The molecule has 1 aromatic heterocycles. The van der Waals surface area contributed by atoms with E-state index in [-0.39, 0.29) is 25.8 Å². The van der Waals surface area contributed by atoms with Crippen molar-refractivity contribution in [2.45, 2.75) is 140 Å². The molecule has 0 spiro atoms. The Morgan fingerprint density at radius 1 is 1.09 bits per heavy atom. The van der Waals surface area contributed by atoms with Gasteiger partial charge in [0.15, 0.2) is 0 Å². The summed E-state index contributed by atoms with van der Waals surface area (Å²) in [5, 5.41) is 6.32. The van der Waals surface area contributed by atoms with E-state index < -0.39 is 79.2 Å². The summed E-state index contributed by atoms with van der Waals surface area (Å²) < 4.78 is 45.9. The number of likely N-dealkylation sites (tertiary alicyclic amines) is 1. The molecule has 3 aliphatic carbocycles. The summed E-state index contributed by atoms with van der Waals surface area (Å²) in [6.07, 6.45) is 3.60. The van der Waals surface area contributed by atoms with Crippen LogP contribution in [0.3, 0.4) is 0 Å². The van der Waals surface area contributed by atoms with Gasteiger partial charge in [0.25, 0.3) is 5.91 Å². The minimum Gasteiger partial charge on any atom is -0.497 e. The zero-order valence-electron chi connectivity index (χ0n) is 34.8. The maximum atomic E-state index is 14.7. The first kappa shape index (κ1) is 42.8. The van der Waals surface area contributed by atoms with Gasteiger partial charge in [-0.15, -0.1) is 18.4 Å². The molecule has 5 atom stereocenters. The number of benzene rings is 1. The van der Waals surface area contributed by atoms with Crippen LogP contribution in [-0.2, 0) is 29.1 Å². The van der Waals surface area contributed by atoms with Crippen molar-refractivity contribution in [2.75, 3.05) is 13.7 Å². The SMILES string of the molecule is C=C[C@@H]1C[C@]1(NC(=O)[C@@H]1C[C@@H](Oc2cc(C3CC3)nc3cc(OC)ccc23)CN1C(=O)[C@@H](NC(=O)OC(C)(C)C)C(C)(C)C)C(=O)NS(=O)(=O)C1(CC#CCC)CC1. The van der Waals surface area contributed by atoms with Crippen LogP contribution in [0.15, 0.2) is 36.9 Å². The van der Waals surface area contributed by atoms with E-state index in [2.05, 4.69) is 33.8 Å². The van der Waals surface area contributed by atoms with Crippen LogP contribution in [0, 0.1) is 23.2 Å². The van der Waals surface area contributed by atoms with Crippen LogP contribution >= 0.6 is 0 Å². The molecule has 4 fully saturated rings. The fourth-order valence-corrected chi connectivity index (χ4v) is 9.03. The first-order valence-electron chi connectivity index (χ1n) is 20.1. The molecule has 6 rings (SSSR count). The Balaban J connectivity index is 1.30. The Morgan fingerprint density at radius 2 is 1.79 bits per heavy atom. The highest BCUT2D eigenvalue weighted by molar-refractivity contribution is 7.91. The van der Waals surface area contributed by atoms with E-state index in [9.17, 15) is 27.6 Å². The number of hydrogen-bond donors (Lipinski definition) is 3. The van der Waals surface area contributed by atoms with Crippen molar-refractivity contribution in [3.05, 3.63) is 42.6 Å². The summed E-state index contributed by atoms with van der Waals surface area (Å²) in [5.41, 5.74) is -1.71. The molecule has 0 radical (unpaired) electrons. The van der Waals surface area contributed by atoms with E-state index in [1.807, 2.05) is 31.2 Å². The standard InChI is InChI=1S/C43H57N5O9S/c1-10-12-13-18-42(19-20-42)58(53,54)47-38(51)43(24-27(43)11-2)46-36(49)33-22-29(25-48(33)37(50)35(40(3,4)5)45-39(52)57-41(6,7)8)56-34-23-31(26-14-15-26)44-32-21-28(55-9)16-17-30(32)34/h11,16-17,21,23,26-27,29,33,35H,2,10,14-15,18-20,22,24-25H2,1,3-9H3,(H,45,52)(H,46,49)(H,47,51)/t27-,29-,33+,35-,43-/m1/s1. The van der Waals surface area contributed by atoms with Crippen molar-refractivity contribution in [1.82, 2.24) is 25.2 Å². The quantitative estimate of drug-likeness (QED) is 0.178. The lowest BCUT2D eigenvalue weighted by molar-refractivity contribution is -0.143. The molecule has 1 saturated heterocycles. The van der Waals surface area contributed by atoms with Crippen molar-refractivity contribution in [2.24, 2.45) is 11.3 Å². The average molecular weight is 820 g/mol. The maximum absolute atomic E-state index is 14.7. The fourth-order valence-electron chi connectivity index (χ4n) is 7.49. The van der Waals surface area contributed by atoms with Gasteiger partial charge in [0.05, 0.1) is 19.2 Å². The second kappa shape index (κ2) is 15.7. The highest BCUT2D eigenvalue weighted by atomic mass is 32.2. The lowest BCUT2D eigenvalue weighted by Crippen LogP contribution is -2.60. The van der Waals surface area contributed by atoms with Gasteiger partial charge in [0.1, 0.15) is 45.6 Å². The predicted molar refractivity (Wildman–Crippen MR) is 218 cm³/mol. The van der Waals surface area contributed by atoms with Crippen LogP contribution < -0.4 is 24.8 Å². The minimum atomic E-state index is -4.14. The first-order chi connectivity index (χ1) is 27.2. The monoisotopic (exact) mass is 819 g/mol. The van der Waals surface area contributed by atoms with E-state index in [0.717, 1.165) is 23.9 Å². The second-order valence-corrected chi connectivity index (χ2v) is 20.2. The molecule has 0 bridgehead atoms. The number of nitrogens with one attached hydrogen (secondary N) is 3. The zero-order valence-corrected chi connectivity index (χ0v) is 35.6. The number of aromatic nitrogens is 1. The number of ether oxygens (including phenoxy) is 3. The van der Waals surface area contributed by atoms with Crippen molar-refractivity contribution < 1.29 is 41.8 Å². The third-order valence-electron chi connectivity index (χ3n) is 11.3. The molecule has 58 heavy (non-hydrogen) atoms. The number of carbonyl (C=O) groups excluding carboxylic acids is 4. The average Bonchev–Trinajstić information content (AvgIpc) is 4.05. The summed E-state index contributed by atoms with van der Waals surface area (Å²) >= 11 is 0. The Kier molecular flexibility index (Phi) is 11.6. The number of methoxy groups -OCH3 is 1. The van der Waals surface area contributed by atoms with Crippen molar-refractivity contribution >= 4 is 44.7 Å². The summed E-state index contributed by atoms with van der Waals surface area (Å²) in [4.78, 5) is 62.6. The van der Waals surface area contributed by atoms with Gasteiger partial charge in [-0.1, -0.05) is 33.8 Å². The van der Waals surface area contributed by atoms with Gasteiger partial charge in [-0.05, 0) is 70.4 Å². The number of pyridine rings is 1. The van der Waals surface area contributed by atoms with Crippen LogP contribution in [0.25, 0.3) is 10.9 Å². The number of rotatable bonds is 13. The topological polar surface area (TPSA) is 182 Å². The molecule has 4 amide bonds. The smallest absolute Gasteiger partial charge is 0.408 e. The van der Waals surface area contributed by atoms with Crippen molar-refractivity contribution in [3.63, 3.8) is 0 Å². The van der Waals surface area contributed by atoms with Gasteiger partial charge in [-0.25, -0.2) is 13.2 Å². The molecule has 3 N–H and O–H groups in total. The molecule has 2 aromatic rings. The van der Waals surface area contributed by atoms with Gasteiger partial charge in [-0.2, -0.15) is 0 Å². The first-order valence-corrected chi connectivity index (χ1v) is 21.6. The molecule has 14 nitrogen and oxygen atoms in total. The van der Waals surface area contributed by atoms with Crippen LogP contribution in [-0.4, -0.2) is 89.8 Å². The van der Waals surface area contributed by atoms with Crippen LogP contribution in [0.5, 0.6) is 11.5 Å². The summed E-state index contributed by atoms with van der Waals surface area (Å²) in [5.74, 6) is 4.65. The number of alkyl carbamates (subject to hydrolysis) is 1. The molecule has 3 saturated carbocycles. The van der Waals surface area contributed by atoms with Gasteiger partial charge < -0.3 is 29.7 Å². The van der Waals surface area contributed by atoms with Crippen LogP contribution in [0.2, 0.25) is 0 Å². The largest absolute Gasteiger partial charge is 0.497 e. The minimum absolute atomic E-state index is 0.0298. The highest BCUT2D eigenvalue weighted by Gasteiger charge is 2.63. The zero-order chi connectivity index (χ0) is 42.4.